The number of anilines is 1. The van der Waals surface area contributed by atoms with Crippen LogP contribution < -0.4 is 14.8 Å². The number of H-pyrrole nitrogens is 1. The Morgan fingerprint density at radius 2 is 1.96 bits per heavy atom. The normalized spacial score (nSPS) is 12.2. The summed E-state index contributed by atoms with van der Waals surface area (Å²) in [5.74, 6) is 0.725. The molecule has 1 aliphatic rings. The molecule has 1 aromatic heterocycles. The van der Waals surface area contributed by atoms with E-state index in [2.05, 4.69) is 10.3 Å². The lowest BCUT2D eigenvalue weighted by molar-refractivity contribution is -0.116. The highest BCUT2D eigenvalue weighted by Gasteiger charge is 2.19. The number of benzene rings is 2. The van der Waals surface area contributed by atoms with Gasteiger partial charge in [0.1, 0.15) is 0 Å². The van der Waals surface area contributed by atoms with Crippen LogP contribution in [-0.2, 0) is 4.79 Å². The highest BCUT2D eigenvalue weighted by molar-refractivity contribution is 6.08. The molecule has 0 atom stereocenters. The molecule has 1 aliphatic heterocycles. The van der Waals surface area contributed by atoms with Gasteiger partial charge in [0, 0.05) is 35.9 Å². The monoisotopic (exact) mass is 351 g/mol. The van der Waals surface area contributed by atoms with Crippen LogP contribution in [-0.4, -0.2) is 42.1 Å². The van der Waals surface area contributed by atoms with Crippen LogP contribution in [0.15, 0.2) is 48.7 Å². The fraction of sp³-hybridized carbons (Fsp3) is 0.158. The van der Waals surface area contributed by atoms with Crippen LogP contribution in [0, 0.1) is 0 Å². The number of amides is 2. The van der Waals surface area contributed by atoms with Crippen molar-refractivity contribution in [2.24, 2.45) is 0 Å². The molecule has 0 unspecified atom stereocenters. The van der Waals surface area contributed by atoms with Crippen molar-refractivity contribution in [2.75, 3.05) is 25.7 Å². The van der Waals surface area contributed by atoms with Crippen molar-refractivity contribution >= 4 is 28.4 Å². The summed E-state index contributed by atoms with van der Waals surface area (Å²) in [4.78, 5) is 29.4. The van der Waals surface area contributed by atoms with Crippen molar-refractivity contribution in [1.29, 1.82) is 0 Å². The SMILES string of the molecule is CN(CC(=O)Nc1ccc2c(c1)OCO2)C(=O)c1c[nH]c2ccccc12. The van der Waals surface area contributed by atoms with Gasteiger partial charge in [-0.05, 0) is 18.2 Å². The average molecular weight is 351 g/mol. The number of para-hydroxylation sites is 1. The van der Waals surface area contributed by atoms with Gasteiger partial charge in [-0.3, -0.25) is 9.59 Å². The first-order valence-corrected chi connectivity index (χ1v) is 8.13. The summed E-state index contributed by atoms with van der Waals surface area (Å²) in [6, 6.07) is 12.7. The molecule has 2 heterocycles. The van der Waals surface area contributed by atoms with E-state index in [9.17, 15) is 9.59 Å². The quantitative estimate of drug-likeness (QED) is 0.757. The Balaban J connectivity index is 1.43. The number of aromatic amines is 1. The summed E-state index contributed by atoms with van der Waals surface area (Å²) in [7, 11) is 1.60. The van der Waals surface area contributed by atoms with Gasteiger partial charge in [-0.1, -0.05) is 18.2 Å². The van der Waals surface area contributed by atoms with E-state index in [0.717, 1.165) is 10.9 Å². The van der Waals surface area contributed by atoms with Crippen molar-refractivity contribution in [3.05, 3.63) is 54.2 Å². The number of hydrogen-bond donors (Lipinski definition) is 2. The van der Waals surface area contributed by atoms with E-state index in [0.29, 0.717) is 22.7 Å². The zero-order valence-corrected chi connectivity index (χ0v) is 14.1. The summed E-state index contributed by atoms with van der Waals surface area (Å²) in [5, 5.41) is 3.60. The van der Waals surface area contributed by atoms with Crippen LogP contribution in [0.1, 0.15) is 10.4 Å². The van der Waals surface area contributed by atoms with Crippen LogP contribution >= 0.6 is 0 Å². The number of carbonyl (C=O) groups excluding carboxylic acids is 2. The van der Waals surface area contributed by atoms with E-state index in [1.807, 2.05) is 24.3 Å². The van der Waals surface area contributed by atoms with Gasteiger partial charge in [-0.2, -0.15) is 0 Å². The third-order valence-electron chi connectivity index (χ3n) is 4.20. The second kappa shape index (κ2) is 6.44. The van der Waals surface area contributed by atoms with Crippen LogP contribution in [0.3, 0.4) is 0 Å². The van der Waals surface area contributed by atoms with E-state index in [4.69, 9.17) is 9.47 Å². The summed E-state index contributed by atoms with van der Waals surface area (Å²) in [6.07, 6.45) is 1.67. The number of nitrogens with one attached hydrogen (secondary N) is 2. The zero-order valence-electron chi connectivity index (χ0n) is 14.1. The van der Waals surface area contributed by atoms with Gasteiger partial charge in [0.05, 0.1) is 12.1 Å². The molecule has 2 amide bonds. The highest BCUT2D eigenvalue weighted by atomic mass is 16.7. The minimum absolute atomic E-state index is 0.0627. The molecule has 0 radical (unpaired) electrons. The second-order valence-electron chi connectivity index (χ2n) is 6.03. The minimum atomic E-state index is -0.292. The van der Waals surface area contributed by atoms with E-state index >= 15 is 0 Å². The lowest BCUT2D eigenvalue weighted by Crippen LogP contribution is -2.34. The van der Waals surface area contributed by atoms with Crippen LogP contribution in [0.4, 0.5) is 5.69 Å². The van der Waals surface area contributed by atoms with E-state index in [1.54, 1.807) is 31.4 Å². The fourth-order valence-electron chi connectivity index (χ4n) is 2.92. The van der Waals surface area contributed by atoms with Crippen LogP contribution in [0.2, 0.25) is 0 Å². The Kier molecular flexibility index (Phi) is 3.96. The molecular formula is C19H17N3O4. The molecule has 2 aromatic carbocycles. The van der Waals surface area contributed by atoms with E-state index in [-0.39, 0.29) is 25.2 Å². The van der Waals surface area contributed by atoms with Crippen LogP contribution in [0.25, 0.3) is 10.9 Å². The molecule has 0 saturated heterocycles. The molecule has 0 aliphatic carbocycles. The van der Waals surface area contributed by atoms with Gasteiger partial charge in [0.2, 0.25) is 12.7 Å². The number of aromatic nitrogens is 1. The molecule has 0 fully saturated rings. The Morgan fingerprint density at radius 1 is 1.15 bits per heavy atom. The topological polar surface area (TPSA) is 83.7 Å². The summed E-state index contributed by atoms with van der Waals surface area (Å²) in [5.41, 5.74) is 2.01. The third kappa shape index (κ3) is 2.95. The maximum absolute atomic E-state index is 12.7. The predicted molar refractivity (Wildman–Crippen MR) is 96.5 cm³/mol. The van der Waals surface area contributed by atoms with Crippen LogP contribution in [0.5, 0.6) is 11.5 Å². The molecule has 132 valence electrons. The molecular weight excluding hydrogens is 334 g/mol. The van der Waals surface area contributed by atoms with Gasteiger partial charge in [0.25, 0.3) is 5.91 Å². The number of nitrogens with zero attached hydrogens (tertiary/aromatic N) is 1. The average Bonchev–Trinajstić information content (AvgIpc) is 3.27. The molecule has 0 spiro atoms. The predicted octanol–water partition coefficient (Wildman–Crippen LogP) is 2.61. The number of ether oxygens (including phenoxy) is 2. The van der Waals surface area contributed by atoms with Gasteiger partial charge in [-0.15, -0.1) is 0 Å². The smallest absolute Gasteiger partial charge is 0.256 e. The maximum Gasteiger partial charge on any atom is 0.256 e. The number of fused-ring (bicyclic) bond motifs is 2. The minimum Gasteiger partial charge on any atom is -0.454 e. The van der Waals surface area contributed by atoms with Crippen molar-refractivity contribution < 1.29 is 19.1 Å². The molecule has 0 saturated carbocycles. The van der Waals surface area contributed by atoms with Gasteiger partial charge in [-0.25, -0.2) is 0 Å². The number of rotatable bonds is 4. The third-order valence-corrected chi connectivity index (χ3v) is 4.20. The highest BCUT2D eigenvalue weighted by Crippen LogP contribution is 2.34. The Hall–Kier alpha value is -3.48. The van der Waals surface area contributed by atoms with E-state index in [1.165, 1.54) is 4.90 Å². The van der Waals surface area contributed by atoms with Gasteiger partial charge < -0.3 is 24.7 Å². The molecule has 26 heavy (non-hydrogen) atoms. The van der Waals surface area contributed by atoms with Gasteiger partial charge in [0.15, 0.2) is 11.5 Å². The molecule has 4 rings (SSSR count). The van der Waals surface area contributed by atoms with Crippen molar-refractivity contribution in [2.45, 2.75) is 0 Å². The molecule has 2 N–H and O–H groups in total. The molecule has 7 heteroatoms. The first-order chi connectivity index (χ1) is 12.6. The summed E-state index contributed by atoms with van der Waals surface area (Å²) >= 11 is 0. The number of likely N-dealkylation sites (N-methyl/N-ethyl adjacent to an activating group) is 1. The molecule has 0 bridgehead atoms. The number of hydrogen-bond acceptors (Lipinski definition) is 4. The van der Waals surface area contributed by atoms with Gasteiger partial charge >= 0.3 is 0 Å². The lowest BCUT2D eigenvalue weighted by Gasteiger charge is -2.16. The van der Waals surface area contributed by atoms with Crippen molar-refractivity contribution in [1.82, 2.24) is 9.88 Å². The molecule has 7 nitrogen and oxygen atoms in total. The standard InChI is InChI=1S/C19H17N3O4/c1-22(19(24)14-9-20-15-5-3-2-4-13(14)15)10-18(23)21-12-6-7-16-17(8-12)26-11-25-16/h2-9,20H,10-11H2,1H3,(H,21,23). The zero-order chi connectivity index (χ0) is 18.1. The second-order valence-corrected chi connectivity index (χ2v) is 6.03. The van der Waals surface area contributed by atoms with E-state index < -0.39 is 0 Å². The van der Waals surface area contributed by atoms with Crippen molar-refractivity contribution in [3.63, 3.8) is 0 Å². The Labute approximate surface area is 149 Å². The summed E-state index contributed by atoms with van der Waals surface area (Å²) < 4.78 is 10.5. The number of carbonyl (C=O) groups is 2. The Bertz CT molecular complexity index is 995. The first kappa shape index (κ1) is 16.0. The summed E-state index contributed by atoms with van der Waals surface area (Å²) in [6.45, 7) is 0.112. The fourth-order valence-corrected chi connectivity index (χ4v) is 2.92. The lowest BCUT2D eigenvalue weighted by atomic mass is 10.1. The first-order valence-electron chi connectivity index (χ1n) is 8.13. The maximum atomic E-state index is 12.7. The largest absolute Gasteiger partial charge is 0.454 e. The Morgan fingerprint density at radius 3 is 2.85 bits per heavy atom. The van der Waals surface area contributed by atoms with Crippen molar-refractivity contribution in [3.8, 4) is 11.5 Å². The molecule has 3 aromatic rings.